The van der Waals surface area contributed by atoms with Crippen LogP contribution in [0.3, 0.4) is 0 Å². The van der Waals surface area contributed by atoms with E-state index in [1.807, 2.05) is 13.8 Å². The van der Waals surface area contributed by atoms with Crippen molar-refractivity contribution in [3.8, 4) is 0 Å². The van der Waals surface area contributed by atoms with Gasteiger partial charge in [-0.05, 0) is 13.8 Å². The number of sulfonamides is 1. The predicted molar refractivity (Wildman–Crippen MR) is 49.7 cm³/mol. The standard InChI is InChI=1S/C7H13N3O2S/c1-6-5-10(7(2)9-6)3-4-13(8,11)12/h5H,3-4H2,1-2H3,(H2,8,11,12). The van der Waals surface area contributed by atoms with Gasteiger partial charge in [0.15, 0.2) is 0 Å². The minimum atomic E-state index is -3.38. The molecule has 1 rings (SSSR count). The summed E-state index contributed by atoms with van der Waals surface area (Å²) in [6.07, 6.45) is 1.81. The maximum atomic E-state index is 10.7. The molecule has 1 aromatic heterocycles. The van der Waals surface area contributed by atoms with Gasteiger partial charge in [0.05, 0.1) is 11.4 Å². The highest BCUT2D eigenvalue weighted by Gasteiger charge is 2.05. The molecule has 0 aliphatic rings. The molecule has 5 nitrogen and oxygen atoms in total. The fourth-order valence-corrected chi connectivity index (χ4v) is 1.57. The highest BCUT2D eigenvalue weighted by Crippen LogP contribution is 2.00. The smallest absolute Gasteiger partial charge is 0.210 e. The molecule has 0 saturated heterocycles. The van der Waals surface area contributed by atoms with Gasteiger partial charge in [-0.25, -0.2) is 18.5 Å². The zero-order valence-corrected chi connectivity index (χ0v) is 8.50. The largest absolute Gasteiger partial charge is 0.334 e. The molecule has 0 aromatic carbocycles. The summed E-state index contributed by atoms with van der Waals surface area (Å²) in [6, 6.07) is 0. The molecule has 0 spiro atoms. The van der Waals surface area contributed by atoms with Gasteiger partial charge in [-0.15, -0.1) is 0 Å². The van der Waals surface area contributed by atoms with Crippen molar-refractivity contribution >= 4 is 10.0 Å². The third-order valence-electron chi connectivity index (χ3n) is 1.71. The Morgan fingerprint density at radius 2 is 2.15 bits per heavy atom. The quantitative estimate of drug-likeness (QED) is 0.738. The molecule has 0 bridgehead atoms. The lowest BCUT2D eigenvalue weighted by atomic mass is 10.6. The summed E-state index contributed by atoms with van der Waals surface area (Å²) < 4.78 is 23.1. The molecule has 0 fully saturated rings. The Balaban J connectivity index is 2.70. The molecule has 1 aromatic rings. The lowest BCUT2D eigenvalue weighted by Gasteiger charge is -2.02. The first-order valence-corrected chi connectivity index (χ1v) is 5.61. The monoisotopic (exact) mass is 203 g/mol. The number of rotatable bonds is 3. The van der Waals surface area contributed by atoms with E-state index in [0.29, 0.717) is 6.54 Å². The van der Waals surface area contributed by atoms with Gasteiger partial charge in [0.2, 0.25) is 10.0 Å². The van der Waals surface area contributed by atoms with Gasteiger partial charge >= 0.3 is 0 Å². The highest BCUT2D eigenvalue weighted by atomic mass is 32.2. The van der Waals surface area contributed by atoms with Crippen molar-refractivity contribution in [3.05, 3.63) is 17.7 Å². The van der Waals surface area contributed by atoms with Crippen LogP contribution in [0.25, 0.3) is 0 Å². The van der Waals surface area contributed by atoms with E-state index >= 15 is 0 Å². The summed E-state index contributed by atoms with van der Waals surface area (Å²) in [6.45, 7) is 4.06. The van der Waals surface area contributed by atoms with Crippen molar-refractivity contribution in [2.45, 2.75) is 20.4 Å². The Kier molecular flexibility index (Phi) is 2.72. The summed E-state index contributed by atoms with van der Waals surface area (Å²) in [5.41, 5.74) is 0.881. The van der Waals surface area contributed by atoms with Crippen LogP contribution in [0.15, 0.2) is 6.20 Å². The van der Waals surface area contributed by atoms with Gasteiger partial charge < -0.3 is 4.57 Å². The molecular weight excluding hydrogens is 190 g/mol. The maximum absolute atomic E-state index is 10.7. The number of aromatic nitrogens is 2. The van der Waals surface area contributed by atoms with Crippen LogP contribution in [0, 0.1) is 13.8 Å². The minimum Gasteiger partial charge on any atom is -0.334 e. The summed E-state index contributed by atoms with van der Waals surface area (Å²) >= 11 is 0. The van der Waals surface area contributed by atoms with Gasteiger partial charge in [-0.1, -0.05) is 0 Å². The van der Waals surface area contributed by atoms with E-state index in [1.165, 1.54) is 0 Å². The SMILES string of the molecule is Cc1cn(CCS(N)(=O)=O)c(C)n1. The van der Waals surface area contributed by atoms with Gasteiger partial charge in [0.25, 0.3) is 0 Å². The van der Waals surface area contributed by atoms with Crippen LogP contribution in [0.1, 0.15) is 11.5 Å². The number of nitrogens with zero attached hydrogens (tertiary/aromatic N) is 2. The van der Waals surface area contributed by atoms with Crippen molar-refractivity contribution in [2.24, 2.45) is 5.14 Å². The Morgan fingerprint density at radius 3 is 2.54 bits per heavy atom. The van der Waals surface area contributed by atoms with Crippen LogP contribution < -0.4 is 5.14 Å². The highest BCUT2D eigenvalue weighted by molar-refractivity contribution is 7.89. The number of hydrogen-bond donors (Lipinski definition) is 1. The summed E-state index contributed by atoms with van der Waals surface area (Å²) in [5.74, 6) is 0.755. The number of hydrogen-bond acceptors (Lipinski definition) is 3. The Hall–Kier alpha value is -0.880. The van der Waals surface area contributed by atoms with Crippen molar-refractivity contribution < 1.29 is 8.42 Å². The van der Waals surface area contributed by atoms with Crippen LogP contribution in [0.4, 0.5) is 0 Å². The fraction of sp³-hybridized carbons (Fsp3) is 0.571. The molecule has 1 heterocycles. The van der Waals surface area contributed by atoms with Crippen LogP contribution in [0.5, 0.6) is 0 Å². The molecule has 0 aliphatic heterocycles. The van der Waals surface area contributed by atoms with Crippen LogP contribution >= 0.6 is 0 Å². The molecule has 0 atom stereocenters. The third kappa shape index (κ3) is 3.16. The molecule has 0 radical (unpaired) electrons. The first-order chi connectivity index (χ1) is 5.88. The van der Waals surface area contributed by atoms with Gasteiger partial charge in [-0.2, -0.15) is 0 Å². The predicted octanol–water partition coefficient (Wildman–Crippen LogP) is -0.212. The second-order valence-corrected chi connectivity index (χ2v) is 4.72. The Labute approximate surface area is 77.6 Å². The third-order valence-corrected chi connectivity index (χ3v) is 2.46. The van der Waals surface area contributed by atoms with Crippen LogP contribution in [0.2, 0.25) is 0 Å². The van der Waals surface area contributed by atoms with E-state index in [9.17, 15) is 8.42 Å². The second-order valence-electron chi connectivity index (χ2n) is 2.99. The number of imidazole rings is 1. The minimum absolute atomic E-state index is 0.0519. The Morgan fingerprint density at radius 1 is 1.54 bits per heavy atom. The van der Waals surface area contributed by atoms with Crippen LogP contribution in [-0.4, -0.2) is 23.7 Å². The molecule has 0 unspecified atom stereocenters. The second kappa shape index (κ2) is 3.47. The van der Waals surface area contributed by atoms with E-state index < -0.39 is 10.0 Å². The van der Waals surface area contributed by atoms with E-state index in [0.717, 1.165) is 11.5 Å². The zero-order chi connectivity index (χ0) is 10.1. The van der Waals surface area contributed by atoms with Crippen LogP contribution in [-0.2, 0) is 16.6 Å². The van der Waals surface area contributed by atoms with Crippen molar-refractivity contribution in [2.75, 3.05) is 5.75 Å². The topological polar surface area (TPSA) is 78.0 Å². The van der Waals surface area contributed by atoms with E-state index in [-0.39, 0.29) is 5.75 Å². The average Bonchev–Trinajstić information content (AvgIpc) is 2.24. The Bertz CT molecular complexity index is 394. The number of primary sulfonamides is 1. The van der Waals surface area contributed by atoms with Crippen molar-refractivity contribution in [1.82, 2.24) is 9.55 Å². The molecule has 2 N–H and O–H groups in total. The summed E-state index contributed by atoms with van der Waals surface area (Å²) in [4.78, 5) is 4.14. The van der Waals surface area contributed by atoms with Gasteiger partial charge in [0, 0.05) is 12.7 Å². The molecular formula is C7H13N3O2S. The lowest BCUT2D eigenvalue weighted by Crippen LogP contribution is -2.20. The molecule has 6 heteroatoms. The van der Waals surface area contributed by atoms with Gasteiger partial charge in [-0.3, -0.25) is 0 Å². The summed E-state index contributed by atoms with van der Waals surface area (Å²) in [5, 5.41) is 4.88. The van der Waals surface area contributed by atoms with Crippen molar-refractivity contribution in [3.63, 3.8) is 0 Å². The normalized spacial score (nSPS) is 11.9. The van der Waals surface area contributed by atoms with E-state index in [4.69, 9.17) is 5.14 Å². The number of nitrogens with two attached hydrogens (primary N) is 1. The average molecular weight is 203 g/mol. The summed E-state index contributed by atoms with van der Waals surface area (Å²) in [7, 11) is -3.38. The van der Waals surface area contributed by atoms with Gasteiger partial charge in [0.1, 0.15) is 5.82 Å². The molecule has 13 heavy (non-hydrogen) atoms. The van der Waals surface area contributed by atoms with E-state index in [1.54, 1.807) is 10.8 Å². The first-order valence-electron chi connectivity index (χ1n) is 3.89. The molecule has 0 aliphatic carbocycles. The molecule has 0 saturated carbocycles. The lowest BCUT2D eigenvalue weighted by molar-refractivity contribution is 0.589. The van der Waals surface area contributed by atoms with Crippen molar-refractivity contribution in [1.29, 1.82) is 0 Å². The fourth-order valence-electron chi connectivity index (χ4n) is 1.12. The molecule has 0 amide bonds. The first kappa shape index (κ1) is 10.2. The maximum Gasteiger partial charge on any atom is 0.210 e. The van der Waals surface area contributed by atoms with E-state index in [2.05, 4.69) is 4.98 Å². The molecule has 74 valence electrons. The number of aryl methyl sites for hydroxylation is 3. The zero-order valence-electron chi connectivity index (χ0n) is 7.69.